The Morgan fingerprint density at radius 3 is 2.79 bits per heavy atom. The van der Waals surface area contributed by atoms with Crippen molar-refractivity contribution in [3.63, 3.8) is 0 Å². The zero-order chi connectivity index (χ0) is 19.6. The molecule has 1 aliphatic carbocycles. The SMILES string of the molecule is CCNC(=NCCOc1ccc(F)cc1F)NC1CCCC(S(=O)CC)C1.I. The summed E-state index contributed by atoms with van der Waals surface area (Å²) < 4.78 is 43.9. The number of rotatable bonds is 8. The minimum Gasteiger partial charge on any atom is -0.489 e. The van der Waals surface area contributed by atoms with Crippen molar-refractivity contribution in [3.05, 3.63) is 29.8 Å². The van der Waals surface area contributed by atoms with Gasteiger partial charge in [-0.2, -0.15) is 0 Å². The molecular weight excluding hydrogens is 499 g/mol. The van der Waals surface area contributed by atoms with Crippen LogP contribution in [0, 0.1) is 11.6 Å². The van der Waals surface area contributed by atoms with Gasteiger partial charge in [-0.05, 0) is 38.3 Å². The molecule has 0 saturated heterocycles. The van der Waals surface area contributed by atoms with Crippen molar-refractivity contribution in [2.24, 2.45) is 4.99 Å². The van der Waals surface area contributed by atoms with Crippen LogP contribution in [-0.2, 0) is 10.8 Å². The first-order valence-electron chi connectivity index (χ1n) is 9.53. The molecule has 5 nitrogen and oxygen atoms in total. The van der Waals surface area contributed by atoms with Gasteiger partial charge in [-0.25, -0.2) is 13.8 Å². The molecule has 3 atom stereocenters. The van der Waals surface area contributed by atoms with Gasteiger partial charge in [0, 0.05) is 40.5 Å². The second-order valence-corrected chi connectivity index (χ2v) is 8.49. The van der Waals surface area contributed by atoms with Crippen LogP contribution in [0.1, 0.15) is 39.5 Å². The van der Waals surface area contributed by atoms with E-state index in [2.05, 4.69) is 15.6 Å². The molecule has 1 aliphatic rings. The lowest BCUT2D eigenvalue weighted by Gasteiger charge is -2.30. The molecular formula is C19H30F2IN3O2S. The van der Waals surface area contributed by atoms with Crippen LogP contribution in [0.2, 0.25) is 0 Å². The van der Waals surface area contributed by atoms with E-state index in [0.717, 1.165) is 44.4 Å². The largest absolute Gasteiger partial charge is 0.489 e. The lowest BCUT2D eigenvalue weighted by Crippen LogP contribution is -2.46. The van der Waals surface area contributed by atoms with Gasteiger partial charge in [-0.3, -0.25) is 4.21 Å². The Morgan fingerprint density at radius 1 is 1.32 bits per heavy atom. The molecule has 1 aromatic rings. The Kier molecular flexibility index (Phi) is 11.9. The second-order valence-electron chi connectivity index (χ2n) is 6.48. The topological polar surface area (TPSA) is 62.7 Å². The number of benzene rings is 1. The molecule has 0 aliphatic heterocycles. The van der Waals surface area contributed by atoms with Crippen molar-refractivity contribution >= 4 is 40.7 Å². The van der Waals surface area contributed by atoms with E-state index in [-0.39, 0.29) is 47.6 Å². The smallest absolute Gasteiger partial charge is 0.191 e. The summed E-state index contributed by atoms with van der Waals surface area (Å²) in [5, 5.41) is 6.84. The number of ether oxygens (including phenoxy) is 1. The maximum Gasteiger partial charge on any atom is 0.191 e. The minimum absolute atomic E-state index is 0. The Hall–Kier alpha value is -0.970. The summed E-state index contributed by atoms with van der Waals surface area (Å²) in [6.07, 6.45) is 3.98. The van der Waals surface area contributed by atoms with Gasteiger partial charge in [-0.15, -0.1) is 24.0 Å². The second kappa shape index (κ2) is 13.3. The molecule has 0 spiro atoms. The summed E-state index contributed by atoms with van der Waals surface area (Å²) in [5.74, 6) is 0.0332. The number of hydrogen-bond acceptors (Lipinski definition) is 3. The van der Waals surface area contributed by atoms with Crippen molar-refractivity contribution in [1.29, 1.82) is 0 Å². The van der Waals surface area contributed by atoms with Crippen LogP contribution >= 0.6 is 24.0 Å². The maximum absolute atomic E-state index is 13.5. The van der Waals surface area contributed by atoms with Crippen LogP contribution in [0.5, 0.6) is 5.75 Å². The third kappa shape index (κ3) is 8.18. The van der Waals surface area contributed by atoms with Gasteiger partial charge in [0.1, 0.15) is 12.4 Å². The molecule has 0 aromatic heterocycles. The molecule has 2 rings (SSSR count). The van der Waals surface area contributed by atoms with Gasteiger partial charge >= 0.3 is 0 Å². The summed E-state index contributed by atoms with van der Waals surface area (Å²) in [7, 11) is -0.767. The minimum atomic E-state index is -0.767. The molecule has 9 heteroatoms. The first-order valence-corrected chi connectivity index (χ1v) is 10.9. The zero-order valence-corrected chi connectivity index (χ0v) is 19.5. The quantitative estimate of drug-likeness (QED) is 0.234. The summed E-state index contributed by atoms with van der Waals surface area (Å²) in [4.78, 5) is 4.46. The highest BCUT2D eigenvalue weighted by atomic mass is 127. The predicted molar refractivity (Wildman–Crippen MR) is 121 cm³/mol. The molecule has 0 radical (unpaired) electrons. The highest BCUT2D eigenvalue weighted by Gasteiger charge is 2.26. The zero-order valence-electron chi connectivity index (χ0n) is 16.4. The number of hydrogen-bond donors (Lipinski definition) is 2. The van der Waals surface area contributed by atoms with Crippen molar-refractivity contribution in [2.75, 3.05) is 25.4 Å². The third-order valence-corrected chi connectivity index (χ3v) is 6.22. The van der Waals surface area contributed by atoms with Crippen LogP contribution in [0.15, 0.2) is 23.2 Å². The Morgan fingerprint density at radius 2 is 2.11 bits per heavy atom. The number of halogens is 3. The Balaban J connectivity index is 0.00000392. The average Bonchev–Trinajstić information content (AvgIpc) is 2.66. The fraction of sp³-hybridized carbons (Fsp3) is 0.632. The van der Waals surface area contributed by atoms with E-state index in [1.807, 2.05) is 13.8 Å². The lowest BCUT2D eigenvalue weighted by molar-refractivity contribution is 0.310. The fourth-order valence-electron chi connectivity index (χ4n) is 3.17. The Labute approximate surface area is 185 Å². The van der Waals surface area contributed by atoms with Crippen LogP contribution in [0.4, 0.5) is 8.78 Å². The normalized spacial score (nSPS) is 20.8. The van der Waals surface area contributed by atoms with E-state index < -0.39 is 22.4 Å². The summed E-state index contributed by atoms with van der Waals surface area (Å²) in [6.45, 7) is 5.19. The maximum atomic E-state index is 13.5. The molecule has 28 heavy (non-hydrogen) atoms. The van der Waals surface area contributed by atoms with Gasteiger partial charge in [0.15, 0.2) is 17.5 Å². The molecule has 2 N–H and O–H groups in total. The first kappa shape index (κ1) is 25.1. The highest BCUT2D eigenvalue weighted by molar-refractivity contribution is 14.0. The van der Waals surface area contributed by atoms with Gasteiger partial charge in [-0.1, -0.05) is 13.3 Å². The first-order chi connectivity index (χ1) is 13.0. The van der Waals surface area contributed by atoms with Crippen molar-refractivity contribution in [1.82, 2.24) is 10.6 Å². The van der Waals surface area contributed by atoms with Crippen molar-refractivity contribution in [3.8, 4) is 5.75 Å². The molecule has 3 unspecified atom stereocenters. The van der Waals surface area contributed by atoms with Gasteiger partial charge < -0.3 is 15.4 Å². The molecule has 160 valence electrons. The number of nitrogens with zero attached hydrogens (tertiary/aromatic N) is 1. The number of aliphatic imine (C=N–C) groups is 1. The fourth-order valence-corrected chi connectivity index (χ4v) is 4.52. The van der Waals surface area contributed by atoms with Crippen molar-refractivity contribution in [2.45, 2.75) is 50.8 Å². The monoisotopic (exact) mass is 529 g/mol. The molecule has 0 bridgehead atoms. The average molecular weight is 529 g/mol. The van der Waals surface area contributed by atoms with Gasteiger partial charge in [0.2, 0.25) is 0 Å². The van der Waals surface area contributed by atoms with E-state index >= 15 is 0 Å². The van der Waals surface area contributed by atoms with Crippen LogP contribution in [0.25, 0.3) is 0 Å². The molecule has 0 heterocycles. The third-order valence-electron chi connectivity index (χ3n) is 4.48. The van der Waals surface area contributed by atoms with Crippen molar-refractivity contribution < 1.29 is 17.7 Å². The summed E-state index contributed by atoms with van der Waals surface area (Å²) >= 11 is 0. The summed E-state index contributed by atoms with van der Waals surface area (Å²) in [6, 6.07) is 3.47. The van der Waals surface area contributed by atoms with E-state index in [0.29, 0.717) is 18.3 Å². The Bertz CT molecular complexity index is 664. The standard InChI is InChI=1S/C19H29F2N3O2S.HI/c1-3-22-19(24-15-6-5-7-16(13-15)27(25)4-2)23-10-11-26-18-9-8-14(20)12-17(18)21;/h8-9,12,15-16H,3-7,10-11,13H2,1-2H3,(H2,22,23,24);1H. The van der Waals surface area contributed by atoms with E-state index in [1.54, 1.807) is 0 Å². The van der Waals surface area contributed by atoms with Crippen LogP contribution < -0.4 is 15.4 Å². The molecule has 1 fully saturated rings. The van der Waals surface area contributed by atoms with E-state index in [1.165, 1.54) is 6.07 Å². The predicted octanol–water partition coefficient (Wildman–Crippen LogP) is 3.60. The molecule has 1 aromatic carbocycles. The number of guanidine groups is 1. The van der Waals surface area contributed by atoms with E-state index in [4.69, 9.17) is 4.74 Å². The van der Waals surface area contributed by atoms with Crippen LogP contribution in [-0.4, -0.2) is 46.9 Å². The molecule has 1 saturated carbocycles. The van der Waals surface area contributed by atoms with Gasteiger partial charge in [0.05, 0.1) is 6.54 Å². The summed E-state index contributed by atoms with van der Waals surface area (Å²) in [5.41, 5.74) is 0. The van der Waals surface area contributed by atoms with Gasteiger partial charge in [0.25, 0.3) is 0 Å². The highest BCUT2D eigenvalue weighted by Crippen LogP contribution is 2.23. The molecule has 0 amide bonds. The van der Waals surface area contributed by atoms with Crippen LogP contribution in [0.3, 0.4) is 0 Å². The van der Waals surface area contributed by atoms with E-state index in [9.17, 15) is 13.0 Å². The lowest BCUT2D eigenvalue weighted by atomic mass is 9.95. The number of nitrogens with one attached hydrogen (secondary N) is 2.